The van der Waals surface area contributed by atoms with E-state index < -0.39 is 0 Å². The first-order valence-corrected chi connectivity index (χ1v) is 5.76. The number of allylic oxidation sites excluding steroid dienone is 1. The molecule has 0 atom stereocenters. The second kappa shape index (κ2) is 4.61. The molecule has 2 nitrogen and oxygen atoms in total. The molecule has 3 heteroatoms. The predicted octanol–water partition coefficient (Wildman–Crippen LogP) is 3.84. The van der Waals surface area contributed by atoms with Gasteiger partial charge in [-0.3, -0.25) is 0 Å². The molecular weight excluding hydrogens is 234 g/mol. The lowest BCUT2D eigenvalue weighted by Crippen LogP contribution is -2.44. The SMILES string of the molecule is CCN1c2cc(O)ccc2C(C)=CC1(C)C.Cl. The predicted molar refractivity (Wildman–Crippen MR) is 76.1 cm³/mol. The van der Waals surface area contributed by atoms with Crippen LogP contribution in [0.4, 0.5) is 5.69 Å². The molecule has 1 aromatic carbocycles. The second-order valence-corrected chi connectivity index (χ2v) is 4.93. The van der Waals surface area contributed by atoms with Crippen molar-refractivity contribution in [3.63, 3.8) is 0 Å². The van der Waals surface area contributed by atoms with Gasteiger partial charge in [0.25, 0.3) is 0 Å². The molecule has 0 spiro atoms. The smallest absolute Gasteiger partial charge is 0.117 e. The summed E-state index contributed by atoms with van der Waals surface area (Å²) in [6.07, 6.45) is 2.29. The standard InChI is InChI=1S/C14H19NO.ClH/c1-5-15-13-8-11(16)6-7-12(13)10(2)9-14(15,3)4;/h6-9,16H,5H2,1-4H3;1H. The number of halogens is 1. The van der Waals surface area contributed by atoms with Crippen molar-refractivity contribution in [1.29, 1.82) is 0 Å². The van der Waals surface area contributed by atoms with Gasteiger partial charge in [0.05, 0.1) is 5.54 Å². The number of aromatic hydroxyl groups is 1. The topological polar surface area (TPSA) is 23.5 Å². The highest BCUT2D eigenvalue weighted by atomic mass is 35.5. The van der Waals surface area contributed by atoms with Gasteiger partial charge in [-0.2, -0.15) is 0 Å². The van der Waals surface area contributed by atoms with Crippen LogP contribution in [0, 0.1) is 0 Å². The van der Waals surface area contributed by atoms with Crippen LogP contribution in [-0.2, 0) is 0 Å². The third kappa shape index (κ3) is 2.27. The molecule has 0 aromatic heterocycles. The number of phenols is 1. The van der Waals surface area contributed by atoms with Crippen LogP contribution >= 0.6 is 12.4 Å². The Morgan fingerprint density at radius 3 is 2.53 bits per heavy atom. The number of phenolic OH excluding ortho intramolecular Hbond substituents is 1. The van der Waals surface area contributed by atoms with E-state index in [0.717, 1.165) is 12.2 Å². The zero-order chi connectivity index (χ0) is 11.9. The average molecular weight is 254 g/mol. The van der Waals surface area contributed by atoms with Crippen molar-refractivity contribution >= 4 is 23.7 Å². The number of hydrogen-bond acceptors (Lipinski definition) is 2. The molecule has 1 aromatic rings. The minimum Gasteiger partial charge on any atom is -0.508 e. The third-order valence-electron chi connectivity index (χ3n) is 3.28. The Balaban J connectivity index is 0.00000144. The van der Waals surface area contributed by atoms with Crippen molar-refractivity contribution < 1.29 is 5.11 Å². The Kier molecular flexibility index (Phi) is 3.78. The van der Waals surface area contributed by atoms with Crippen LogP contribution in [0.25, 0.3) is 5.57 Å². The molecule has 1 heterocycles. The molecule has 0 aliphatic carbocycles. The van der Waals surface area contributed by atoms with Gasteiger partial charge in [-0.25, -0.2) is 0 Å². The lowest BCUT2D eigenvalue weighted by atomic mass is 9.89. The summed E-state index contributed by atoms with van der Waals surface area (Å²) in [6, 6.07) is 5.60. The fourth-order valence-corrected chi connectivity index (χ4v) is 2.65. The first kappa shape index (κ1) is 13.9. The minimum absolute atomic E-state index is 0. The van der Waals surface area contributed by atoms with Crippen LogP contribution in [0.1, 0.15) is 33.3 Å². The van der Waals surface area contributed by atoms with E-state index in [1.165, 1.54) is 11.1 Å². The number of fused-ring (bicyclic) bond motifs is 1. The van der Waals surface area contributed by atoms with Gasteiger partial charge >= 0.3 is 0 Å². The summed E-state index contributed by atoms with van der Waals surface area (Å²) in [5.74, 6) is 0.336. The van der Waals surface area contributed by atoms with E-state index in [1.54, 1.807) is 6.07 Å². The van der Waals surface area contributed by atoms with Gasteiger partial charge < -0.3 is 10.0 Å². The highest BCUT2D eigenvalue weighted by molar-refractivity contribution is 5.85. The van der Waals surface area contributed by atoms with E-state index in [-0.39, 0.29) is 17.9 Å². The van der Waals surface area contributed by atoms with Gasteiger partial charge in [0.1, 0.15) is 5.75 Å². The van der Waals surface area contributed by atoms with Crippen LogP contribution in [0.5, 0.6) is 5.75 Å². The minimum atomic E-state index is 0. The molecule has 0 radical (unpaired) electrons. The van der Waals surface area contributed by atoms with E-state index in [1.807, 2.05) is 12.1 Å². The van der Waals surface area contributed by atoms with Crippen molar-refractivity contribution in [2.24, 2.45) is 0 Å². The summed E-state index contributed by atoms with van der Waals surface area (Å²) < 4.78 is 0. The largest absolute Gasteiger partial charge is 0.508 e. The van der Waals surface area contributed by atoms with Crippen LogP contribution in [0.3, 0.4) is 0 Å². The number of anilines is 1. The maximum absolute atomic E-state index is 9.61. The monoisotopic (exact) mass is 253 g/mol. The number of benzene rings is 1. The third-order valence-corrected chi connectivity index (χ3v) is 3.28. The van der Waals surface area contributed by atoms with Gasteiger partial charge in [-0.05, 0) is 45.4 Å². The molecule has 1 N–H and O–H groups in total. The fourth-order valence-electron chi connectivity index (χ4n) is 2.65. The van der Waals surface area contributed by atoms with Gasteiger partial charge in [-0.15, -0.1) is 12.4 Å². The summed E-state index contributed by atoms with van der Waals surface area (Å²) in [6.45, 7) is 9.61. The lowest BCUT2D eigenvalue weighted by molar-refractivity contribution is 0.474. The van der Waals surface area contributed by atoms with Gasteiger partial charge in [-0.1, -0.05) is 6.08 Å². The molecule has 0 amide bonds. The average Bonchev–Trinajstić information content (AvgIpc) is 2.16. The van der Waals surface area contributed by atoms with Gasteiger partial charge in [0.15, 0.2) is 0 Å². The molecular formula is C14H20ClNO. The Morgan fingerprint density at radius 2 is 1.94 bits per heavy atom. The van der Waals surface area contributed by atoms with Crippen molar-refractivity contribution in [2.45, 2.75) is 33.2 Å². The van der Waals surface area contributed by atoms with Crippen molar-refractivity contribution in [2.75, 3.05) is 11.4 Å². The van der Waals surface area contributed by atoms with Crippen molar-refractivity contribution in [3.05, 3.63) is 29.8 Å². The molecule has 0 bridgehead atoms. The van der Waals surface area contributed by atoms with E-state index in [2.05, 4.69) is 38.7 Å². The molecule has 17 heavy (non-hydrogen) atoms. The molecule has 0 saturated carbocycles. The molecule has 94 valence electrons. The van der Waals surface area contributed by atoms with Gasteiger partial charge in [0.2, 0.25) is 0 Å². The van der Waals surface area contributed by atoms with Crippen LogP contribution in [0.2, 0.25) is 0 Å². The summed E-state index contributed by atoms with van der Waals surface area (Å²) in [5, 5.41) is 9.61. The number of hydrogen-bond donors (Lipinski definition) is 1. The maximum Gasteiger partial charge on any atom is 0.117 e. The first-order valence-electron chi connectivity index (χ1n) is 5.76. The molecule has 0 unspecified atom stereocenters. The Bertz CT molecular complexity index is 452. The van der Waals surface area contributed by atoms with Gasteiger partial charge in [0, 0.05) is 23.9 Å². The highest BCUT2D eigenvalue weighted by Gasteiger charge is 2.30. The normalized spacial score (nSPS) is 16.9. The second-order valence-electron chi connectivity index (χ2n) is 4.93. The van der Waals surface area contributed by atoms with Crippen molar-refractivity contribution in [1.82, 2.24) is 0 Å². The Morgan fingerprint density at radius 1 is 1.29 bits per heavy atom. The number of rotatable bonds is 1. The van der Waals surface area contributed by atoms with Crippen LogP contribution in [-0.4, -0.2) is 17.2 Å². The zero-order valence-electron chi connectivity index (χ0n) is 10.8. The molecule has 1 aliphatic heterocycles. The highest BCUT2D eigenvalue weighted by Crippen LogP contribution is 2.40. The maximum atomic E-state index is 9.61. The first-order chi connectivity index (χ1) is 7.45. The lowest BCUT2D eigenvalue weighted by Gasteiger charge is -2.42. The Labute approximate surface area is 109 Å². The zero-order valence-corrected chi connectivity index (χ0v) is 11.6. The molecule has 1 aliphatic rings. The summed E-state index contributed by atoms with van der Waals surface area (Å²) >= 11 is 0. The van der Waals surface area contributed by atoms with E-state index in [4.69, 9.17) is 0 Å². The fraction of sp³-hybridized carbons (Fsp3) is 0.429. The molecule has 0 saturated heterocycles. The Hall–Kier alpha value is -1.15. The van der Waals surface area contributed by atoms with E-state index in [0.29, 0.717) is 5.75 Å². The summed E-state index contributed by atoms with van der Waals surface area (Å²) in [7, 11) is 0. The number of likely N-dealkylation sites (N-methyl/N-ethyl adjacent to an activating group) is 1. The molecule has 0 fully saturated rings. The van der Waals surface area contributed by atoms with Crippen LogP contribution in [0.15, 0.2) is 24.3 Å². The van der Waals surface area contributed by atoms with Crippen molar-refractivity contribution in [3.8, 4) is 5.75 Å². The molecule has 2 rings (SSSR count). The summed E-state index contributed by atoms with van der Waals surface area (Å²) in [5.41, 5.74) is 3.65. The van der Waals surface area contributed by atoms with Crippen LogP contribution < -0.4 is 4.90 Å². The number of nitrogens with zero attached hydrogens (tertiary/aromatic N) is 1. The van der Waals surface area contributed by atoms with E-state index in [9.17, 15) is 5.11 Å². The summed E-state index contributed by atoms with van der Waals surface area (Å²) in [4.78, 5) is 2.31. The quantitative estimate of drug-likeness (QED) is 0.822. The van der Waals surface area contributed by atoms with E-state index >= 15 is 0 Å².